The Bertz CT molecular complexity index is 999. The Morgan fingerprint density at radius 2 is 1.57 bits per heavy atom. The fourth-order valence-corrected chi connectivity index (χ4v) is 8.02. The van der Waals surface area contributed by atoms with Crippen LogP contribution in [0, 0.1) is 34.5 Å². The maximum atomic E-state index is 12.2. The predicted molar refractivity (Wildman–Crippen MR) is 129 cm³/mol. The predicted octanol–water partition coefficient (Wildman–Crippen LogP) is 2.45. The van der Waals surface area contributed by atoms with Crippen LogP contribution in [0.1, 0.15) is 78.6 Å². The molecule has 0 saturated heterocycles. The van der Waals surface area contributed by atoms with Crippen LogP contribution >= 0.6 is 0 Å². The summed E-state index contributed by atoms with van der Waals surface area (Å²) in [5, 5.41) is 44.4. The minimum atomic E-state index is -2.74. The molecule has 5 N–H and O–H groups in total. The van der Waals surface area contributed by atoms with Gasteiger partial charge in [0.15, 0.2) is 11.4 Å². The number of carbonyl (C=O) groups is 5. The molecule has 0 amide bonds. The third-order valence-electron chi connectivity index (χ3n) is 9.71. The summed E-state index contributed by atoms with van der Waals surface area (Å²) in [6, 6.07) is 0. The SMILES string of the molecule is CC(=O)[C@H]1C(O)C[C@H]2[C@@H]3CCC4=CC(=O)CC[C@]4(C)[C@H]3CC[C@]12C.O=C(O)CC(O)(CC(=O)O)C(=O)O. The molecule has 0 spiro atoms. The molecule has 0 aromatic rings. The van der Waals surface area contributed by atoms with Crippen LogP contribution in [0.3, 0.4) is 0 Å². The number of hydrogen-bond donors (Lipinski definition) is 5. The molecule has 7 atom stereocenters. The summed E-state index contributed by atoms with van der Waals surface area (Å²) in [5.74, 6) is -3.07. The summed E-state index contributed by atoms with van der Waals surface area (Å²) in [6.45, 7) is 6.29. The van der Waals surface area contributed by atoms with Crippen molar-refractivity contribution >= 4 is 29.5 Å². The van der Waals surface area contributed by atoms with Crippen molar-refractivity contribution in [2.24, 2.45) is 34.5 Å². The molecule has 3 fully saturated rings. The second-order valence-electron chi connectivity index (χ2n) is 11.9. The van der Waals surface area contributed by atoms with Gasteiger partial charge in [0, 0.05) is 12.3 Å². The highest BCUT2D eigenvalue weighted by Gasteiger charge is 2.62. The number of rotatable bonds is 6. The van der Waals surface area contributed by atoms with E-state index in [9.17, 15) is 29.1 Å². The Kier molecular flexibility index (Phi) is 8.05. The largest absolute Gasteiger partial charge is 0.481 e. The number of allylic oxidation sites excluding steroid dienone is 1. The smallest absolute Gasteiger partial charge is 0.336 e. The highest BCUT2D eigenvalue weighted by Crippen LogP contribution is 2.66. The van der Waals surface area contributed by atoms with Crippen molar-refractivity contribution in [3.8, 4) is 0 Å². The molecule has 4 aliphatic carbocycles. The van der Waals surface area contributed by atoms with Crippen LogP contribution in [0.15, 0.2) is 11.6 Å². The number of fused-ring (bicyclic) bond motifs is 5. The Balaban J connectivity index is 0.000000251. The highest BCUT2D eigenvalue weighted by molar-refractivity contribution is 5.91. The molecule has 1 unspecified atom stereocenters. The minimum absolute atomic E-state index is 0.0333. The lowest BCUT2D eigenvalue weighted by Crippen LogP contribution is -2.51. The van der Waals surface area contributed by atoms with Gasteiger partial charge in [0.25, 0.3) is 0 Å². The number of Topliss-reactive ketones (excluding diaryl/α,β-unsaturated/α-hetero) is 1. The van der Waals surface area contributed by atoms with E-state index < -0.39 is 42.5 Å². The average molecular weight is 523 g/mol. The Hall–Kier alpha value is -2.59. The number of hydrogen-bond acceptors (Lipinski definition) is 7. The van der Waals surface area contributed by atoms with Crippen molar-refractivity contribution in [1.82, 2.24) is 0 Å². The Morgan fingerprint density at radius 1 is 0.973 bits per heavy atom. The third kappa shape index (κ3) is 5.36. The van der Waals surface area contributed by atoms with Gasteiger partial charge in [0.1, 0.15) is 5.78 Å². The summed E-state index contributed by atoms with van der Waals surface area (Å²) in [4.78, 5) is 54.5. The van der Waals surface area contributed by atoms with Gasteiger partial charge in [-0.3, -0.25) is 19.2 Å². The number of aliphatic hydroxyl groups is 2. The molecule has 37 heavy (non-hydrogen) atoms. The zero-order chi connectivity index (χ0) is 27.9. The van der Waals surface area contributed by atoms with Gasteiger partial charge in [-0.05, 0) is 80.1 Å². The van der Waals surface area contributed by atoms with Crippen molar-refractivity contribution < 1.29 is 49.5 Å². The van der Waals surface area contributed by atoms with E-state index in [0.717, 1.165) is 38.5 Å². The highest BCUT2D eigenvalue weighted by atomic mass is 16.4. The summed E-state index contributed by atoms with van der Waals surface area (Å²) in [5.41, 5.74) is -1.23. The van der Waals surface area contributed by atoms with Crippen molar-refractivity contribution in [3.63, 3.8) is 0 Å². The first kappa shape index (κ1) is 29.0. The van der Waals surface area contributed by atoms with Gasteiger partial charge >= 0.3 is 17.9 Å². The van der Waals surface area contributed by atoms with Crippen LogP contribution in [0.4, 0.5) is 0 Å². The summed E-state index contributed by atoms with van der Waals surface area (Å²) in [6.07, 6.45) is 5.97. The molecule has 4 aliphatic rings. The quantitative estimate of drug-likeness (QED) is 0.347. The minimum Gasteiger partial charge on any atom is -0.481 e. The lowest BCUT2D eigenvalue weighted by atomic mass is 9.46. The van der Waals surface area contributed by atoms with Gasteiger partial charge in [-0.25, -0.2) is 4.79 Å². The first-order valence-corrected chi connectivity index (χ1v) is 12.9. The molecule has 0 heterocycles. The van der Waals surface area contributed by atoms with Gasteiger partial charge in [-0.15, -0.1) is 0 Å². The lowest BCUT2D eigenvalue weighted by Gasteiger charge is -2.57. The van der Waals surface area contributed by atoms with Gasteiger partial charge in [-0.2, -0.15) is 0 Å². The molecule has 3 saturated carbocycles. The molecule has 0 aliphatic heterocycles. The topological polar surface area (TPSA) is 186 Å². The second kappa shape index (κ2) is 10.3. The average Bonchev–Trinajstić information content (AvgIpc) is 3.03. The van der Waals surface area contributed by atoms with Gasteiger partial charge < -0.3 is 25.5 Å². The molecular weight excluding hydrogens is 484 g/mol. The summed E-state index contributed by atoms with van der Waals surface area (Å²) in [7, 11) is 0. The number of ketones is 2. The van der Waals surface area contributed by atoms with Crippen LogP contribution in [0.2, 0.25) is 0 Å². The Morgan fingerprint density at radius 3 is 2.08 bits per heavy atom. The van der Waals surface area contributed by atoms with Crippen LogP contribution in [-0.2, 0) is 24.0 Å². The van der Waals surface area contributed by atoms with E-state index in [2.05, 4.69) is 13.8 Å². The van der Waals surface area contributed by atoms with Crippen LogP contribution in [-0.4, -0.2) is 66.7 Å². The number of carboxylic acids is 3. The van der Waals surface area contributed by atoms with Crippen molar-refractivity contribution in [2.45, 2.75) is 90.3 Å². The summed E-state index contributed by atoms with van der Waals surface area (Å²) < 4.78 is 0. The fourth-order valence-electron chi connectivity index (χ4n) is 8.02. The molecule has 10 nitrogen and oxygen atoms in total. The van der Waals surface area contributed by atoms with E-state index in [1.54, 1.807) is 6.92 Å². The standard InChI is InChI=1S/C21H30O3.C6H8O7/c1-12(22)19-18(24)11-17-15-5-4-13-10-14(23)6-8-20(13,2)16(15)7-9-21(17,19)3;7-3(8)1-6(13,5(11)12)2-4(9)10/h10,15-19,24H,4-9,11H2,1-3H3;13H,1-2H2,(H,7,8)(H,9,10)(H,11,12)/t15-,16+,17+,18?,19+,20+,21+;/m1./s1. The molecule has 0 bridgehead atoms. The first-order chi connectivity index (χ1) is 17.0. The maximum Gasteiger partial charge on any atom is 0.336 e. The molecule has 0 radical (unpaired) electrons. The van der Waals surface area contributed by atoms with Crippen LogP contribution in [0.5, 0.6) is 0 Å². The van der Waals surface area contributed by atoms with Crippen molar-refractivity contribution in [2.75, 3.05) is 0 Å². The van der Waals surface area contributed by atoms with E-state index in [-0.39, 0.29) is 22.5 Å². The molecule has 0 aromatic carbocycles. The monoisotopic (exact) mass is 522 g/mol. The first-order valence-electron chi connectivity index (χ1n) is 12.9. The molecule has 10 heteroatoms. The number of carboxylic acid groups (broad SMARTS) is 3. The number of aliphatic hydroxyl groups excluding tert-OH is 1. The number of carbonyl (C=O) groups excluding carboxylic acids is 2. The van der Waals surface area contributed by atoms with E-state index in [1.807, 2.05) is 6.08 Å². The van der Waals surface area contributed by atoms with E-state index in [1.165, 1.54) is 5.57 Å². The maximum absolute atomic E-state index is 12.2. The van der Waals surface area contributed by atoms with Crippen molar-refractivity contribution in [3.05, 3.63) is 11.6 Å². The Labute approximate surface area is 215 Å². The van der Waals surface area contributed by atoms with E-state index in [0.29, 0.717) is 30.0 Å². The second-order valence-corrected chi connectivity index (χ2v) is 11.9. The van der Waals surface area contributed by atoms with Crippen LogP contribution in [0.25, 0.3) is 0 Å². The van der Waals surface area contributed by atoms with E-state index >= 15 is 0 Å². The van der Waals surface area contributed by atoms with Gasteiger partial charge in [0.2, 0.25) is 0 Å². The zero-order valence-corrected chi connectivity index (χ0v) is 21.6. The molecular formula is C27H38O10. The fraction of sp³-hybridized carbons (Fsp3) is 0.741. The third-order valence-corrected chi connectivity index (χ3v) is 9.71. The van der Waals surface area contributed by atoms with Crippen molar-refractivity contribution in [1.29, 1.82) is 0 Å². The summed E-state index contributed by atoms with van der Waals surface area (Å²) >= 11 is 0. The lowest BCUT2D eigenvalue weighted by molar-refractivity contribution is -0.170. The zero-order valence-electron chi connectivity index (χ0n) is 21.6. The van der Waals surface area contributed by atoms with Crippen LogP contribution < -0.4 is 0 Å². The van der Waals surface area contributed by atoms with Gasteiger partial charge in [-0.1, -0.05) is 19.4 Å². The van der Waals surface area contributed by atoms with E-state index in [4.69, 9.17) is 20.4 Å². The molecule has 206 valence electrons. The molecule has 0 aromatic heterocycles. The molecule has 4 rings (SSSR count). The van der Waals surface area contributed by atoms with Gasteiger partial charge in [0.05, 0.1) is 18.9 Å². The number of aliphatic carboxylic acids is 3. The normalized spacial score (nSPS) is 36.6.